The summed E-state index contributed by atoms with van der Waals surface area (Å²) in [6.07, 6.45) is -6.25. The van der Waals surface area contributed by atoms with Gasteiger partial charge in [0.1, 0.15) is 0 Å². The second-order valence-electron chi connectivity index (χ2n) is 5.84. The molecule has 5 nitrogen and oxygen atoms in total. The molecule has 2 aromatic rings. The Morgan fingerprint density at radius 3 is 2.19 bits per heavy atom. The van der Waals surface area contributed by atoms with Crippen LogP contribution in [0.4, 0.5) is 18.9 Å². The number of hydrogen-bond donors (Lipinski definition) is 1. The number of carbonyl (C=O) groups excluding carboxylic acids is 1. The number of aryl methyl sites for hydroxylation is 1. The van der Waals surface area contributed by atoms with Crippen LogP contribution >= 0.6 is 23.2 Å². The molecule has 144 valence electrons. The van der Waals surface area contributed by atoms with Crippen LogP contribution in [0.3, 0.4) is 0 Å². The lowest BCUT2D eigenvalue weighted by atomic mass is 9.85. The largest absolute Gasteiger partial charge is 0.428 e. The Hall–Kier alpha value is -2.16. The van der Waals surface area contributed by atoms with E-state index in [1.165, 1.54) is 19.1 Å². The third kappa shape index (κ3) is 4.23. The summed E-state index contributed by atoms with van der Waals surface area (Å²) >= 11 is 11.4. The second-order valence-corrected chi connectivity index (χ2v) is 6.72. The molecule has 0 aliphatic heterocycles. The van der Waals surface area contributed by atoms with Crippen molar-refractivity contribution < 1.29 is 28.0 Å². The van der Waals surface area contributed by atoms with Crippen molar-refractivity contribution in [3.8, 4) is 0 Å². The summed E-state index contributed by atoms with van der Waals surface area (Å²) in [4.78, 5) is 22.7. The average molecular weight is 422 g/mol. The maximum absolute atomic E-state index is 13.6. The number of rotatable bonds is 5. The molecular formula is C17H12Cl2F3NO4. The fraction of sp³-hybridized carbons (Fsp3) is 0.235. The lowest BCUT2D eigenvalue weighted by molar-refractivity contribution is -0.385. The first-order chi connectivity index (χ1) is 12.4. The van der Waals surface area contributed by atoms with Gasteiger partial charge in [0.25, 0.3) is 5.69 Å². The highest BCUT2D eigenvalue weighted by molar-refractivity contribution is 6.34. The number of hydrogen-bond acceptors (Lipinski definition) is 4. The van der Waals surface area contributed by atoms with Crippen LogP contribution in [-0.4, -0.2) is 22.0 Å². The van der Waals surface area contributed by atoms with Crippen LogP contribution in [0.5, 0.6) is 0 Å². The molecule has 0 radical (unpaired) electrons. The molecule has 1 unspecified atom stereocenters. The number of alkyl halides is 3. The molecule has 2 rings (SSSR count). The molecule has 0 aliphatic rings. The van der Waals surface area contributed by atoms with Gasteiger partial charge in [0.2, 0.25) is 5.60 Å². The third-order valence-electron chi connectivity index (χ3n) is 3.93. The minimum Gasteiger partial charge on any atom is -0.370 e. The molecule has 0 spiro atoms. The Morgan fingerprint density at radius 1 is 1.15 bits per heavy atom. The fourth-order valence-electron chi connectivity index (χ4n) is 2.52. The molecule has 0 saturated heterocycles. The van der Waals surface area contributed by atoms with E-state index in [0.29, 0.717) is 0 Å². The summed E-state index contributed by atoms with van der Waals surface area (Å²) in [6, 6.07) is 6.31. The molecule has 0 amide bonds. The fourth-order valence-corrected chi connectivity index (χ4v) is 3.05. The Balaban J connectivity index is 2.51. The van der Waals surface area contributed by atoms with Crippen LogP contribution in [0.15, 0.2) is 36.4 Å². The van der Waals surface area contributed by atoms with E-state index >= 15 is 0 Å². The minimum absolute atomic E-state index is 0.0481. The van der Waals surface area contributed by atoms with Crippen molar-refractivity contribution in [1.82, 2.24) is 0 Å². The molecule has 1 atom stereocenters. The van der Waals surface area contributed by atoms with Crippen LogP contribution in [0.25, 0.3) is 0 Å². The van der Waals surface area contributed by atoms with Crippen molar-refractivity contribution >= 4 is 34.7 Å². The van der Waals surface area contributed by atoms with Crippen molar-refractivity contribution in [3.63, 3.8) is 0 Å². The quantitative estimate of drug-likeness (QED) is 0.556. The topological polar surface area (TPSA) is 80.4 Å². The van der Waals surface area contributed by atoms with Gasteiger partial charge in [-0.25, -0.2) is 0 Å². The molecule has 2 aromatic carbocycles. The highest BCUT2D eigenvalue weighted by Gasteiger charge is 2.60. The van der Waals surface area contributed by atoms with Crippen LogP contribution < -0.4 is 0 Å². The molecule has 0 fully saturated rings. The zero-order chi connectivity index (χ0) is 20.6. The van der Waals surface area contributed by atoms with Crippen molar-refractivity contribution in [1.29, 1.82) is 0 Å². The van der Waals surface area contributed by atoms with Crippen LogP contribution in [0.2, 0.25) is 10.0 Å². The van der Waals surface area contributed by atoms with Gasteiger partial charge in [0.05, 0.1) is 4.92 Å². The van der Waals surface area contributed by atoms with E-state index < -0.39 is 34.5 Å². The third-order valence-corrected chi connectivity index (χ3v) is 4.37. The van der Waals surface area contributed by atoms with Gasteiger partial charge in [0, 0.05) is 33.7 Å². The van der Waals surface area contributed by atoms with E-state index in [2.05, 4.69) is 0 Å². The Kier molecular flexibility index (Phi) is 5.84. The summed E-state index contributed by atoms with van der Waals surface area (Å²) in [5.74, 6) is -1.62. The monoisotopic (exact) mass is 421 g/mol. The molecule has 0 heterocycles. The Morgan fingerprint density at radius 2 is 1.70 bits per heavy atom. The molecule has 0 saturated carbocycles. The molecule has 27 heavy (non-hydrogen) atoms. The number of benzene rings is 2. The molecule has 1 N–H and O–H groups in total. The van der Waals surface area contributed by atoms with E-state index in [0.717, 1.165) is 24.3 Å². The molecule has 0 bridgehead atoms. The number of aliphatic hydroxyl groups is 1. The average Bonchev–Trinajstić information content (AvgIpc) is 2.53. The van der Waals surface area contributed by atoms with Gasteiger partial charge in [-0.2, -0.15) is 13.2 Å². The van der Waals surface area contributed by atoms with Crippen molar-refractivity contribution in [2.24, 2.45) is 0 Å². The predicted molar refractivity (Wildman–Crippen MR) is 93.0 cm³/mol. The van der Waals surface area contributed by atoms with Crippen LogP contribution in [0.1, 0.15) is 16.7 Å². The van der Waals surface area contributed by atoms with Gasteiger partial charge in [-0.05, 0) is 30.7 Å². The second kappa shape index (κ2) is 7.46. The zero-order valence-electron chi connectivity index (χ0n) is 13.7. The number of nitro benzene ring substituents is 1. The number of nitro groups is 1. The highest BCUT2D eigenvalue weighted by Crippen LogP contribution is 2.42. The number of Topliss-reactive ketones (excluding diaryl/α,β-unsaturated/α-hetero) is 1. The maximum Gasteiger partial charge on any atom is 0.428 e. The lowest BCUT2D eigenvalue weighted by Crippen LogP contribution is -2.50. The van der Waals surface area contributed by atoms with Crippen LogP contribution in [-0.2, 0) is 16.8 Å². The number of carbonyl (C=O) groups is 1. The first kappa shape index (κ1) is 21.1. The summed E-state index contributed by atoms with van der Waals surface area (Å²) in [7, 11) is 0. The SMILES string of the molecule is Cc1ccc(CC(=O)C(O)(c2cc(Cl)cc(Cl)c2)C(F)(F)F)cc1[N+](=O)[O-]. The molecular weight excluding hydrogens is 410 g/mol. The minimum atomic E-state index is -5.37. The number of ketones is 1. The van der Waals surface area contributed by atoms with Gasteiger partial charge in [-0.3, -0.25) is 14.9 Å². The molecule has 10 heteroatoms. The van der Waals surface area contributed by atoms with Crippen molar-refractivity contribution in [3.05, 3.63) is 73.2 Å². The Bertz CT molecular complexity index is 897. The zero-order valence-corrected chi connectivity index (χ0v) is 15.2. The van der Waals surface area contributed by atoms with E-state index in [1.54, 1.807) is 0 Å². The van der Waals surface area contributed by atoms with Gasteiger partial charge in [-0.1, -0.05) is 35.3 Å². The number of halogens is 5. The van der Waals surface area contributed by atoms with Gasteiger partial charge >= 0.3 is 6.18 Å². The Labute approximate surface area is 161 Å². The van der Waals surface area contributed by atoms with Crippen molar-refractivity contribution in [2.45, 2.75) is 25.1 Å². The first-order valence-corrected chi connectivity index (χ1v) is 8.14. The summed E-state index contributed by atoms with van der Waals surface area (Å²) in [6.45, 7) is 1.45. The summed E-state index contributed by atoms with van der Waals surface area (Å²) < 4.78 is 40.8. The number of nitrogens with zero attached hydrogens (tertiary/aromatic N) is 1. The van der Waals surface area contributed by atoms with Crippen molar-refractivity contribution in [2.75, 3.05) is 0 Å². The van der Waals surface area contributed by atoms with E-state index in [-0.39, 0.29) is 26.9 Å². The summed E-state index contributed by atoms with van der Waals surface area (Å²) in [5.41, 5.74) is -4.82. The van der Waals surface area contributed by atoms with Crippen LogP contribution in [0, 0.1) is 17.0 Å². The standard InChI is InChI=1S/C17H12Cl2F3NO4/c1-9-2-3-10(4-14(9)23(26)27)5-15(24)16(25,17(20,21)22)11-6-12(18)8-13(19)7-11/h2-4,6-8,25H,5H2,1H3. The lowest BCUT2D eigenvalue weighted by Gasteiger charge is -2.30. The van der Waals surface area contributed by atoms with E-state index in [9.17, 15) is 33.2 Å². The van der Waals surface area contributed by atoms with Gasteiger partial charge in [-0.15, -0.1) is 0 Å². The molecule has 0 aromatic heterocycles. The van der Waals surface area contributed by atoms with Gasteiger partial charge in [0.15, 0.2) is 5.78 Å². The first-order valence-electron chi connectivity index (χ1n) is 7.39. The maximum atomic E-state index is 13.6. The van der Waals surface area contributed by atoms with Gasteiger partial charge < -0.3 is 5.11 Å². The van der Waals surface area contributed by atoms with E-state index in [1.807, 2.05) is 0 Å². The predicted octanol–water partition coefficient (Wildman–Crippen LogP) is 4.77. The summed E-state index contributed by atoms with van der Waals surface area (Å²) in [5, 5.41) is 20.9. The molecule has 0 aliphatic carbocycles. The highest BCUT2D eigenvalue weighted by atomic mass is 35.5. The normalized spacial score (nSPS) is 13.9. The smallest absolute Gasteiger partial charge is 0.370 e. The van der Waals surface area contributed by atoms with E-state index in [4.69, 9.17) is 23.2 Å².